The van der Waals surface area contributed by atoms with E-state index in [1.54, 1.807) is 12.1 Å². The van der Waals surface area contributed by atoms with Crippen molar-refractivity contribution in [3.8, 4) is 22.3 Å². The molecule has 3 aromatic rings. The minimum Gasteiger partial charge on any atom is -0.458 e. The zero-order chi connectivity index (χ0) is 23.5. The van der Waals surface area contributed by atoms with E-state index < -0.39 is 24.3 Å². The van der Waals surface area contributed by atoms with Crippen LogP contribution in [0.3, 0.4) is 0 Å². The van der Waals surface area contributed by atoms with Crippen LogP contribution in [-0.4, -0.2) is 35.2 Å². The first kappa shape index (κ1) is 23.5. The van der Waals surface area contributed by atoms with Crippen LogP contribution in [0.1, 0.15) is 31.7 Å². The van der Waals surface area contributed by atoms with Crippen LogP contribution < -0.4 is 0 Å². The number of benzene rings is 3. The van der Waals surface area contributed by atoms with Crippen LogP contribution in [0.4, 0.5) is 8.78 Å². The van der Waals surface area contributed by atoms with Crippen molar-refractivity contribution in [2.75, 3.05) is 5.75 Å². The highest BCUT2D eigenvalue weighted by molar-refractivity contribution is 7.99. The predicted molar refractivity (Wildman–Crippen MR) is 127 cm³/mol. The summed E-state index contributed by atoms with van der Waals surface area (Å²) in [7, 11) is 0. The number of halogens is 2. The molecule has 1 aliphatic heterocycles. The lowest BCUT2D eigenvalue weighted by Gasteiger charge is -2.30. The van der Waals surface area contributed by atoms with E-state index in [4.69, 9.17) is 4.74 Å². The number of carbonyl (C=O) groups excluding carboxylic acids is 1. The second kappa shape index (κ2) is 10.1. The van der Waals surface area contributed by atoms with Crippen molar-refractivity contribution in [3.05, 3.63) is 78.1 Å². The van der Waals surface area contributed by atoms with Crippen LogP contribution in [0.25, 0.3) is 22.3 Å². The molecule has 1 fully saturated rings. The third kappa shape index (κ3) is 5.28. The van der Waals surface area contributed by atoms with Gasteiger partial charge in [-0.2, -0.15) is 0 Å². The number of aliphatic hydroxyl groups excluding tert-OH is 1. The molecule has 4 rings (SSSR count). The maximum Gasteiger partial charge on any atom is 0.308 e. The lowest BCUT2D eigenvalue weighted by Crippen LogP contribution is -2.45. The van der Waals surface area contributed by atoms with Crippen molar-refractivity contribution in [2.24, 2.45) is 0 Å². The SMILES string of the molecule is CC(C)c1cc(-c2ccccc2)cc(-c2ccc(F)cc2)c1SC[C@H]1OC(=O)C[C@H](O)[C@H]1F. The molecule has 3 atom stereocenters. The molecule has 1 aliphatic rings. The Morgan fingerprint density at radius 3 is 2.39 bits per heavy atom. The van der Waals surface area contributed by atoms with E-state index in [2.05, 4.69) is 26.0 Å². The molecule has 1 N–H and O–H groups in total. The van der Waals surface area contributed by atoms with Crippen LogP contribution in [0.2, 0.25) is 0 Å². The van der Waals surface area contributed by atoms with Gasteiger partial charge in [-0.3, -0.25) is 4.79 Å². The zero-order valence-electron chi connectivity index (χ0n) is 18.5. The van der Waals surface area contributed by atoms with Gasteiger partial charge in [0.05, 0.1) is 12.5 Å². The minimum absolute atomic E-state index is 0.163. The van der Waals surface area contributed by atoms with Crippen molar-refractivity contribution in [1.29, 1.82) is 0 Å². The van der Waals surface area contributed by atoms with Crippen LogP contribution >= 0.6 is 11.8 Å². The fourth-order valence-electron chi connectivity index (χ4n) is 3.99. The standard InChI is InChI=1S/C27H26F2O3S/c1-16(2)21-12-19(17-6-4-3-5-7-17)13-22(18-8-10-20(28)11-9-18)27(21)33-15-24-26(29)23(30)14-25(31)32-24/h3-13,16,23-24,26,30H,14-15H2,1-2H3/t23-,24+,26+/m0/s1. The summed E-state index contributed by atoms with van der Waals surface area (Å²) >= 11 is 1.40. The van der Waals surface area contributed by atoms with Gasteiger partial charge in [0.2, 0.25) is 0 Å². The van der Waals surface area contributed by atoms with Crippen molar-refractivity contribution < 1.29 is 23.4 Å². The van der Waals surface area contributed by atoms with Gasteiger partial charge in [-0.1, -0.05) is 56.3 Å². The molecule has 0 saturated carbocycles. The van der Waals surface area contributed by atoms with Gasteiger partial charge in [-0.15, -0.1) is 11.8 Å². The van der Waals surface area contributed by atoms with Crippen molar-refractivity contribution in [3.63, 3.8) is 0 Å². The van der Waals surface area contributed by atoms with E-state index in [0.717, 1.165) is 32.7 Å². The first-order valence-corrected chi connectivity index (χ1v) is 12.0. The Kier molecular flexibility index (Phi) is 7.15. The number of hydrogen-bond acceptors (Lipinski definition) is 4. The number of thioether (sulfide) groups is 1. The molecule has 3 nitrogen and oxygen atoms in total. The molecule has 33 heavy (non-hydrogen) atoms. The summed E-state index contributed by atoms with van der Waals surface area (Å²) in [5, 5.41) is 9.86. The van der Waals surface area contributed by atoms with Crippen molar-refractivity contribution in [1.82, 2.24) is 0 Å². The maximum absolute atomic E-state index is 14.5. The summed E-state index contributed by atoms with van der Waals surface area (Å²) in [6.45, 7) is 4.18. The molecule has 172 valence electrons. The zero-order valence-corrected chi connectivity index (χ0v) is 19.3. The number of cyclic esters (lactones) is 1. The minimum atomic E-state index is -1.63. The average molecular weight is 469 g/mol. The molecular formula is C27H26F2O3S. The number of alkyl halides is 1. The van der Waals surface area contributed by atoms with Crippen LogP contribution in [-0.2, 0) is 9.53 Å². The number of carbonyl (C=O) groups is 1. The van der Waals surface area contributed by atoms with Gasteiger partial charge in [0, 0.05) is 10.6 Å². The van der Waals surface area contributed by atoms with Gasteiger partial charge in [-0.25, -0.2) is 8.78 Å². The molecule has 0 radical (unpaired) electrons. The number of esters is 1. The van der Waals surface area contributed by atoms with E-state index >= 15 is 0 Å². The Morgan fingerprint density at radius 1 is 1.03 bits per heavy atom. The van der Waals surface area contributed by atoms with Gasteiger partial charge in [0.1, 0.15) is 11.9 Å². The Morgan fingerprint density at radius 2 is 1.73 bits per heavy atom. The summed E-state index contributed by atoms with van der Waals surface area (Å²) in [5.41, 5.74) is 4.91. The molecule has 0 amide bonds. The van der Waals surface area contributed by atoms with Gasteiger partial charge in [0.15, 0.2) is 6.17 Å². The summed E-state index contributed by atoms with van der Waals surface area (Å²) in [5.74, 6) is -0.581. The van der Waals surface area contributed by atoms with Crippen molar-refractivity contribution in [2.45, 2.75) is 49.5 Å². The Labute approximate surface area is 196 Å². The lowest BCUT2D eigenvalue weighted by atomic mass is 9.92. The average Bonchev–Trinajstić information content (AvgIpc) is 2.81. The van der Waals surface area contributed by atoms with Crippen LogP contribution in [0.5, 0.6) is 0 Å². The van der Waals surface area contributed by atoms with Gasteiger partial charge < -0.3 is 9.84 Å². The molecule has 1 heterocycles. The quantitative estimate of drug-likeness (QED) is 0.336. The van der Waals surface area contributed by atoms with E-state index in [1.807, 2.05) is 30.3 Å². The van der Waals surface area contributed by atoms with Crippen LogP contribution in [0.15, 0.2) is 71.6 Å². The highest BCUT2D eigenvalue weighted by Gasteiger charge is 2.38. The molecule has 1 saturated heterocycles. The van der Waals surface area contributed by atoms with Gasteiger partial charge in [0.25, 0.3) is 0 Å². The predicted octanol–water partition coefficient (Wildman–Crippen LogP) is 6.39. The van der Waals surface area contributed by atoms with E-state index in [0.29, 0.717) is 0 Å². The summed E-state index contributed by atoms with van der Waals surface area (Å²) < 4.78 is 33.4. The van der Waals surface area contributed by atoms with Gasteiger partial charge >= 0.3 is 5.97 Å². The fraction of sp³-hybridized carbons (Fsp3) is 0.296. The van der Waals surface area contributed by atoms with E-state index in [9.17, 15) is 18.7 Å². The molecule has 3 aromatic carbocycles. The largest absolute Gasteiger partial charge is 0.458 e. The molecule has 6 heteroatoms. The molecular weight excluding hydrogens is 442 g/mol. The smallest absolute Gasteiger partial charge is 0.308 e. The normalized spacial score (nSPS) is 20.7. The second-order valence-electron chi connectivity index (χ2n) is 8.52. The number of hydrogen-bond donors (Lipinski definition) is 1. The summed E-state index contributed by atoms with van der Waals surface area (Å²) in [6, 6.07) is 20.5. The summed E-state index contributed by atoms with van der Waals surface area (Å²) in [6.07, 6.45) is -4.33. The monoisotopic (exact) mass is 468 g/mol. The maximum atomic E-state index is 14.5. The first-order valence-electron chi connectivity index (χ1n) is 11.0. The first-order chi connectivity index (χ1) is 15.8. The molecule has 0 spiro atoms. The lowest BCUT2D eigenvalue weighted by molar-refractivity contribution is -0.167. The second-order valence-corrected chi connectivity index (χ2v) is 9.56. The Hall–Kier alpha value is -2.70. The van der Waals surface area contributed by atoms with Gasteiger partial charge in [-0.05, 0) is 58.0 Å². The Bertz CT molecular complexity index is 1120. The van der Waals surface area contributed by atoms with E-state index in [1.165, 1.54) is 23.9 Å². The van der Waals surface area contributed by atoms with Crippen molar-refractivity contribution >= 4 is 17.7 Å². The van der Waals surface area contributed by atoms with Crippen LogP contribution in [0, 0.1) is 5.82 Å². The third-order valence-corrected chi connectivity index (χ3v) is 7.01. The molecule has 0 aromatic heterocycles. The topological polar surface area (TPSA) is 46.5 Å². The molecule has 0 unspecified atom stereocenters. The molecule has 0 bridgehead atoms. The third-order valence-electron chi connectivity index (χ3n) is 5.78. The highest BCUT2D eigenvalue weighted by Crippen LogP contribution is 2.42. The fourth-order valence-corrected chi connectivity index (χ4v) is 5.36. The van der Waals surface area contributed by atoms with E-state index in [-0.39, 0.29) is 23.9 Å². The highest BCUT2D eigenvalue weighted by atomic mass is 32.2. The summed E-state index contributed by atoms with van der Waals surface area (Å²) in [4.78, 5) is 12.7. The molecule has 0 aliphatic carbocycles. The number of rotatable bonds is 6. The number of aliphatic hydroxyl groups is 1. The number of ether oxygens (including phenoxy) is 1. The Balaban J connectivity index is 1.78.